The highest BCUT2D eigenvalue weighted by Crippen LogP contribution is 2.13. The first kappa shape index (κ1) is 17.3. The van der Waals surface area contributed by atoms with Crippen LogP contribution < -0.4 is 5.32 Å². The van der Waals surface area contributed by atoms with Crippen LogP contribution >= 0.6 is 0 Å². The van der Waals surface area contributed by atoms with Crippen molar-refractivity contribution in [1.29, 1.82) is 0 Å². The van der Waals surface area contributed by atoms with E-state index in [-0.39, 0.29) is 18.0 Å². The molecule has 1 heterocycles. The molecule has 0 atom stereocenters. The minimum absolute atomic E-state index is 0.0800. The molecule has 0 spiro atoms. The lowest BCUT2D eigenvalue weighted by Crippen LogP contribution is -2.46. The summed E-state index contributed by atoms with van der Waals surface area (Å²) in [5.74, 6) is -0.0800. The van der Waals surface area contributed by atoms with Crippen LogP contribution in [0.5, 0.6) is 0 Å². The number of nitrogens with one attached hydrogen (secondary N) is 1. The number of hydrogen-bond donors (Lipinski definition) is 1. The van der Waals surface area contributed by atoms with E-state index in [1.54, 1.807) is 31.1 Å². The standard InChI is InChI=1S/C17H24N2O4/c1-3-23-17(21)19-10-8-15(9-11-19)18-16(20)14-6-4-13(5-7-14)12-22-2/h4-7,15H,3,8-12H2,1-2H3,(H,18,20). The van der Waals surface area contributed by atoms with Crippen LogP contribution in [0.1, 0.15) is 35.7 Å². The van der Waals surface area contributed by atoms with Crippen LogP contribution in [0.3, 0.4) is 0 Å². The van der Waals surface area contributed by atoms with Crippen molar-refractivity contribution in [3.8, 4) is 0 Å². The normalized spacial score (nSPS) is 15.3. The maximum Gasteiger partial charge on any atom is 0.409 e. The smallest absolute Gasteiger partial charge is 0.409 e. The van der Waals surface area contributed by atoms with Gasteiger partial charge in [0.2, 0.25) is 0 Å². The van der Waals surface area contributed by atoms with Crippen molar-refractivity contribution in [3.63, 3.8) is 0 Å². The van der Waals surface area contributed by atoms with E-state index in [1.165, 1.54) is 0 Å². The third-order valence-electron chi connectivity index (χ3n) is 3.88. The molecule has 2 amide bonds. The Morgan fingerprint density at radius 2 is 1.87 bits per heavy atom. The summed E-state index contributed by atoms with van der Waals surface area (Å²) in [5, 5.41) is 3.03. The predicted octanol–water partition coefficient (Wildman–Crippen LogP) is 2.18. The van der Waals surface area contributed by atoms with E-state index >= 15 is 0 Å². The van der Waals surface area contributed by atoms with Gasteiger partial charge in [-0.05, 0) is 37.5 Å². The first-order chi connectivity index (χ1) is 11.1. The number of amides is 2. The molecule has 0 aliphatic carbocycles. The minimum Gasteiger partial charge on any atom is -0.450 e. The Morgan fingerprint density at radius 1 is 1.22 bits per heavy atom. The van der Waals surface area contributed by atoms with Crippen molar-refractivity contribution in [2.24, 2.45) is 0 Å². The van der Waals surface area contributed by atoms with Crippen LogP contribution in [0.2, 0.25) is 0 Å². The van der Waals surface area contributed by atoms with E-state index in [0.717, 1.165) is 18.4 Å². The molecule has 1 aliphatic heterocycles. The number of hydrogen-bond acceptors (Lipinski definition) is 4. The Hall–Kier alpha value is -2.08. The number of carbonyl (C=O) groups excluding carboxylic acids is 2. The summed E-state index contributed by atoms with van der Waals surface area (Å²) in [4.78, 5) is 25.6. The van der Waals surface area contributed by atoms with Gasteiger partial charge in [-0.15, -0.1) is 0 Å². The Morgan fingerprint density at radius 3 is 2.43 bits per heavy atom. The second-order valence-corrected chi connectivity index (χ2v) is 5.56. The second kappa shape index (κ2) is 8.53. The van der Waals surface area contributed by atoms with Gasteiger partial charge in [-0.1, -0.05) is 12.1 Å². The third-order valence-corrected chi connectivity index (χ3v) is 3.88. The van der Waals surface area contributed by atoms with Gasteiger partial charge in [0, 0.05) is 31.8 Å². The Kier molecular flexibility index (Phi) is 6.40. The number of nitrogens with zero attached hydrogens (tertiary/aromatic N) is 1. The fourth-order valence-corrected chi connectivity index (χ4v) is 2.61. The number of carbonyl (C=O) groups is 2. The molecule has 0 aromatic heterocycles. The minimum atomic E-state index is -0.272. The van der Waals surface area contributed by atoms with Crippen LogP contribution in [0.15, 0.2) is 24.3 Å². The maximum absolute atomic E-state index is 12.3. The van der Waals surface area contributed by atoms with E-state index in [2.05, 4.69) is 5.32 Å². The molecule has 1 aliphatic rings. The Bertz CT molecular complexity index is 522. The third kappa shape index (κ3) is 4.96. The molecule has 1 aromatic rings. The topological polar surface area (TPSA) is 67.9 Å². The van der Waals surface area contributed by atoms with Crippen molar-refractivity contribution < 1.29 is 19.1 Å². The van der Waals surface area contributed by atoms with Crippen LogP contribution in [0, 0.1) is 0 Å². The van der Waals surface area contributed by atoms with Gasteiger partial charge in [-0.2, -0.15) is 0 Å². The van der Waals surface area contributed by atoms with Crippen molar-refractivity contribution in [1.82, 2.24) is 10.2 Å². The van der Waals surface area contributed by atoms with E-state index in [4.69, 9.17) is 9.47 Å². The van der Waals surface area contributed by atoms with Crippen LogP contribution in [0.25, 0.3) is 0 Å². The summed E-state index contributed by atoms with van der Waals surface area (Å²) in [6.07, 6.45) is 1.21. The molecule has 126 valence electrons. The summed E-state index contributed by atoms with van der Waals surface area (Å²) < 4.78 is 10.0. The number of methoxy groups -OCH3 is 1. The van der Waals surface area contributed by atoms with E-state index in [9.17, 15) is 9.59 Å². The number of piperidine rings is 1. The lowest BCUT2D eigenvalue weighted by molar-refractivity contribution is 0.0860. The first-order valence-electron chi connectivity index (χ1n) is 7.94. The first-order valence-corrected chi connectivity index (χ1v) is 7.94. The molecule has 1 fully saturated rings. The summed E-state index contributed by atoms with van der Waals surface area (Å²) >= 11 is 0. The summed E-state index contributed by atoms with van der Waals surface area (Å²) in [6, 6.07) is 7.48. The predicted molar refractivity (Wildman–Crippen MR) is 86.2 cm³/mol. The Labute approximate surface area is 136 Å². The van der Waals surface area contributed by atoms with Gasteiger partial charge in [0.25, 0.3) is 5.91 Å². The molecule has 0 saturated carbocycles. The van der Waals surface area contributed by atoms with E-state index < -0.39 is 0 Å². The van der Waals surface area contributed by atoms with Crippen molar-refractivity contribution in [3.05, 3.63) is 35.4 Å². The zero-order chi connectivity index (χ0) is 16.7. The van der Waals surface area contributed by atoms with Crippen molar-refractivity contribution in [2.75, 3.05) is 26.8 Å². The molecule has 1 saturated heterocycles. The summed E-state index contributed by atoms with van der Waals surface area (Å²) in [7, 11) is 1.64. The molecule has 0 radical (unpaired) electrons. The van der Waals surface area contributed by atoms with Crippen LogP contribution in [-0.2, 0) is 16.1 Å². The highest BCUT2D eigenvalue weighted by Gasteiger charge is 2.24. The second-order valence-electron chi connectivity index (χ2n) is 5.56. The van der Waals surface area contributed by atoms with Gasteiger partial charge in [-0.25, -0.2) is 4.79 Å². The molecule has 1 aromatic carbocycles. The average Bonchev–Trinajstić information content (AvgIpc) is 2.56. The van der Waals surface area contributed by atoms with Crippen molar-refractivity contribution >= 4 is 12.0 Å². The van der Waals surface area contributed by atoms with E-state index in [1.807, 2.05) is 12.1 Å². The molecule has 1 N–H and O–H groups in total. The SMILES string of the molecule is CCOC(=O)N1CCC(NC(=O)c2ccc(COC)cc2)CC1. The molecule has 0 unspecified atom stereocenters. The van der Waals surface area contributed by atoms with Gasteiger partial charge < -0.3 is 19.7 Å². The average molecular weight is 320 g/mol. The fourth-order valence-electron chi connectivity index (χ4n) is 2.61. The highest BCUT2D eigenvalue weighted by atomic mass is 16.6. The molecule has 6 heteroatoms. The Balaban J connectivity index is 1.81. The summed E-state index contributed by atoms with van der Waals surface area (Å²) in [5.41, 5.74) is 1.67. The van der Waals surface area contributed by atoms with Gasteiger partial charge >= 0.3 is 6.09 Å². The largest absolute Gasteiger partial charge is 0.450 e. The summed E-state index contributed by atoms with van der Waals surface area (Å²) in [6.45, 7) is 3.93. The van der Waals surface area contributed by atoms with Crippen molar-refractivity contribution in [2.45, 2.75) is 32.4 Å². The fraction of sp³-hybridized carbons (Fsp3) is 0.529. The highest BCUT2D eigenvalue weighted by molar-refractivity contribution is 5.94. The lowest BCUT2D eigenvalue weighted by Gasteiger charge is -2.31. The monoisotopic (exact) mass is 320 g/mol. The van der Waals surface area contributed by atoms with Gasteiger partial charge in [-0.3, -0.25) is 4.79 Å². The molecule has 23 heavy (non-hydrogen) atoms. The number of rotatable bonds is 5. The molecular formula is C17H24N2O4. The molecular weight excluding hydrogens is 296 g/mol. The van der Waals surface area contributed by atoms with E-state index in [0.29, 0.717) is 31.9 Å². The number of ether oxygens (including phenoxy) is 2. The zero-order valence-corrected chi connectivity index (χ0v) is 13.7. The van der Waals surface area contributed by atoms with Crippen LogP contribution in [0.4, 0.5) is 4.79 Å². The zero-order valence-electron chi connectivity index (χ0n) is 13.7. The van der Waals surface area contributed by atoms with Gasteiger partial charge in [0.1, 0.15) is 0 Å². The lowest BCUT2D eigenvalue weighted by atomic mass is 10.0. The quantitative estimate of drug-likeness (QED) is 0.903. The molecule has 6 nitrogen and oxygen atoms in total. The van der Waals surface area contributed by atoms with Gasteiger partial charge in [0.05, 0.1) is 13.2 Å². The molecule has 2 rings (SSSR count). The molecule has 0 bridgehead atoms. The number of benzene rings is 1. The van der Waals surface area contributed by atoms with Crippen LogP contribution in [-0.4, -0.2) is 49.7 Å². The maximum atomic E-state index is 12.3. The van der Waals surface area contributed by atoms with Gasteiger partial charge in [0.15, 0.2) is 0 Å². The number of likely N-dealkylation sites (tertiary alicyclic amines) is 1.